The molecule has 2 aromatic rings. The third-order valence-corrected chi connectivity index (χ3v) is 4.89. The molecule has 2 unspecified atom stereocenters. The van der Waals surface area contributed by atoms with Crippen molar-refractivity contribution in [3.8, 4) is 0 Å². The van der Waals surface area contributed by atoms with Crippen LogP contribution in [-0.4, -0.2) is 57.0 Å². The number of anilines is 2. The minimum Gasteiger partial charge on any atom is -0.356 e. The van der Waals surface area contributed by atoms with Crippen LogP contribution in [0.15, 0.2) is 18.6 Å². The van der Waals surface area contributed by atoms with E-state index in [2.05, 4.69) is 30.7 Å². The lowest BCUT2D eigenvalue weighted by atomic mass is 9.97. The molecule has 128 valence electrons. The smallest absolute Gasteiger partial charge is 0.224 e. The first-order chi connectivity index (χ1) is 11.8. The van der Waals surface area contributed by atoms with Crippen molar-refractivity contribution in [1.29, 1.82) is 0 Å². The second-order valence-corrected chi connectivity index (χ2v) is 6.66. The Morgan fingerprint density at radius 1 is 1.33 bits per heavy atom. The molecule has 0 radical (unpaired) electrons. The van der Waals surface area contributed by atoms with Gasteiger partial charge in [0.1, 0.15) is 18.0 Å². The van der Waals surface area contributed by atoms with Crippen LogP contribution in [0.2, 0.25) is 0 Å². The summed E-state index contributed by atoms with van der Waals surface area (Å²) in [7, 11) is 2.01. The molecule has 0 bridgehead atoms. The zero-order valence-electron chi connectivity index (χ0n) is 14.0. The van der Waals surface area contributed by atoms with E-state index in [0.29, 0.717) is 12.0 Å². The highest BCUT2D eigenvalue weighted by Gasteiger charge is 2.26. The first-order valence-electron chi connectivity index (χ1n) is 8.69. The predicted molar refractivity (Wildman–Crippen MR) is 92.1 cm³/mol. The number of hydrogen-bond donors (Lipinski definition) is 2. The highest BCUT2D eigenvalue weighted by atomic mass is 15.3. The number of hydrogen-bond acceptors (Lipinski definition) is 7. The van der Waals surface area contributed by atoms with Crippen LogP contribution in [0, 0.1) is 0 Å². The Bertz CT molecular complexity index is 678. The monoisotopic (exact) mass is 328 g/mol. The van der Waals surface area contributed by atoms with Crippen molar-refractivity contribution in [1.82, 2.24) is 30.0 Å². The minimum atomic E-state index is 0.400. The number of aromatic nitrogens is 5. The van der Waals surface area contributed by atoms with Crippen molar-refractivity contribution >= 4 is 11.8 Å². The third-order valence-electron chi connectivity index (χ3n) is 4.89. The van der Waals surface area contributed by atoms with E-state index in [0.717, 1.165) is 63.0 Å². The molecular formula is C16H24N8. The van der Waals surface area contributed by atoms with Gasteiger partial charge >= 0.3 is 0 Å². The van der Waals surface area contributed by atoms with E-state index in [-0.39, 0.29) is 0 Å². The first-order valence-corrected chi connectivity index (χ1v) is 8.69. The molecule has 2 aliphatic heterocycles. The predicted octanol–water partition coefficient (Wildman–Crippen LogP) is 0.763. The molecule has 4 heterocycles. The summed E-state index contributed by atoms with van der Waals surface area (Å²) in [6.45, 7) is 3.98. The molecule has 2 fully saturated rings. The molecule has 0 aromatic carbocycles. The van der Waals surface area contributed by atoms with E-state index < -0.39 is 0 Å². The van der Waals surface area contributed by atoms with Crippen LogP contribution in [0.5, 0.6) is 0 Å². The number of rotatable bonds is 4. The Labute approximate surface area is 141 Å². The summed E-state index contributed by atoms with van der Waals surface area (Å²) in [5.41, 5.74) is 0. The van der Waals surface area contributed by atoms with E-state index in [1.807, 2.05) is 23.9 Å². The third kappa shape index (κ3) is 3.19. The molecule has 2 atom stereocenters. The summed E-state index contributed by atoms with van der Waals surface area (Å²) in [6, 6.07) is 2.42. The fourth-order valence-electron chi connectivity index (χ4n) is 3.61. The van der Waals surface area contributed by atoms with E-state index in [4.69, 9.17) is 4.98 Å². The molecular weight excluding hydrogens is 304 g/mol. The normalized spacial score (nSPS) is 24.3. The molecule has 8 nitrogen and oxygen atoms in total. The first kappa shape index (κ1) is 15.3. The number of aryl methyl sites for hydroxylation is 1. The quantitative estimate of drug-likeness (QED) is 0.857. The van der Waals surface area contributed by atoms with Gasteiger partial charge in [0, 0.05) is 44.8 Å². The topological polar surface area (TPSA) is 83.8 Å². The zero-order chi connectivity index (χ0) is 16.4. The average molecular weight is 328 g/mol. The van der Waals surface area contributed by atoms with Crippen LogP contribution in [0.1, 0.15) is 31.0 Å². The Kier molecular flexibility index (Phi) is 4.29. The van der Waals surface area contributed by atoms with Gasteiger partial charge in [-0.2, -0.15) is 4.98 Å². The van der Waals surface area contributed by atoms with Crippen LogP contribution in [0.25, 0.3) is 0 Å². The molecule has 0 saturated carbocycles. The van der Waals surface area contributed by atoms with Crippen LogP contribution in [-0.2, 0) is 7.05 Å². The molecule has 0 amide bonds. The Balaban J connectivity index is 1.47. The highest BCUT2D eigenvalue weighted by Crippen LogP contribution is 2.28. The Morgan fingerprint density at radius 3 is 3.08 bits per heavy atom. The van der Waals surface area contributed by atoms with Gasteiger partial charge in [-0.25, -0.2) is 4.98 Å². The molecule has 24 heavy (non-hydrogen) atoms. The van der Waals surface area contributed by atoms with Gasteiger partial charge in [-0.15, -0.1) is 10.2 Å². The SMILES string of the molecule is Cn1cnnc1C1CCCN(c2ccnc(NC3CCNC3)n2)C1. The zero-order valence-corrected chi connectivity index (χ0v) is 14.0. The van der Waals surface area contributed by atoms with E-state index in [1.54, 1.807) is 6.33 Å². The molecule has 4 rings (SSSR count). The fourth-order valence-corrected chi connectivity index (χ4v) is 3.61. The fraction of sp³-hybridized carbons (Fsp3) is 0.625. The summed E-state index contributed by atoms with van der Waals surface area (Å²) in [4.78, 5) is 11.4. The van der Waals surface area contributed by atoms with Crippen LogP contribution >= 0.6 is 0 Å². The van der Waals surface area contributed by atoms with Gasteiger partial charge in [-0.05, 0) is 31.9 Å². The summed E-state index contributed by atoms with van der Waals surface area (Å²) < 4.78 is 2.02. The standard InChI is InChI=1S/C16H24N8/c1-23-11-19-22-15(23)12-3-2-8-24(10-12)14-5-7-18-16(21-14)20-13-4-6-17-9-13/h5,7,11-13,17H,2-4,6,8-10H2,1H3,(H,18,20,21). The number of piperidine rings is 1. The molecule has 0 spiro atoms. The lowest BCUT2D eigenvalue weighted by Gasteiger charge is -2.33. The van der Waals surface area contributed by atoms with Crippen LogP contribution in [0.4, 0.5) is 11.8 Å². The minimum absolute atomic E-state index is 0.400. The largest absolute Gasteiger partial charge is 0.356 e. The second kappa shape index (κ2) is 6.72. The van der Waals surface area contributed by atoms with E-state index in [9.17, 15) is 0 Å². The number of nitrogens with one attached hydrogen (secondary N) is 2. The summed E-state index contributed by atoms with van der Waals surface area (Å²) >= 11 is 0. The lowest BCUT2D eigenvalue weighted by Crippen LogP contribution is -2.36. The molecule has 2 saturated heterocycles. The Morgan fingerprint density at radius 2 is 2.29 bits per heavy atom. The van der Waals surface area contributed by atoms with Crippen molar-refractivity contribution in [3.63, 3.8) is 0 Å². The maximum Gasteiger partial charge on any atom is 0.224 e. The summed E-state index contributed by atoms with van der Waals surface area (Å²) in [5.74, 6) is 3.17. The van der Waals surface area contributed by atoms with Gasteiger partial charge < -0.3 is 20.1 Å². The van der Waals surface area contributed by atoms with Crippen molar-refractivity contribution in [3.05, 3.63) is 24.4 Å². The second-order valence-electron chi connectivity index (χ2n) is 6.66. The van der Waals surface area contributed by atoms with Crippen molar-refractivity contribution in [2.24, 2.45) is 7.05 Å². The molecule has 2 N–H and O–H groups in total. The van der Waals surface area contributed by atoms with Crippen LogP contribution < -0.4 is 15.5 Å². The van der Waals surface area contributed by atoms with Gasteiger partial charge in [-0.3, -0.25) is 0 Å². The number of nitrogens with zero attached hydrogens (tertiary/aromatic N) is 6. The van der Waals surface area contributed by atoms with Gasteiger partial charge in [0.2, 0.25) is 5.95 Å². The van der Waals surface area contributed by atoms with Gasteiger partial charge in [0.05, 0.1) is 0 Å². The van der Waals surface area contributed by atoms with Gasteiger partial charge in [0.25, 0.3) is 0 Å². The van der Waals surface area contributed by atoms with Crippen molar-refractivity contribution in [2.45, 2.75) is 31.2 Å². The summed E-state index contributed by atoms with van der Waals surface area (Å²) in [5, 5.41) is 15.1. The van der Waals surface area contributed by atoms with Gasteiger partial charge in [0.15, 0.2) is 0 Å². The van der Waals surface area contributed by atoms with E-state index >= 15 is 0 Å². The molecule has 0 aliphatic carbocycles. The molecule has 2 aliphatic rings. The lowest BCUT2D eigenvalue weighted by molar-refractivity contribution is 0.477. The van der Waals surface area contributed by atoms with Crippen molar-refractivity contribution in [2.75, 3.05) is 36.4 Å². The van der Waals surface area contributed by atoms with E-state index in [1.165, 1.54) is 0 Å². The average Bonchev–Trinajstić information content (AvgIpc) is 3.27. The van der Waals surface area contributed by atoms with Gasteiger partial charge in [-0.1, -0.05) is 0 Å². The highest BCUT2D eigenvalue weighted by molar-refractivity contribution is 5.44. The van der Waals surface area contributed by atoms with Crippen LogP contribution in [0.3, 0.4) is 0 Å². The Hall–Kier alpha value is -2.22. The summed E-state index contributed by atoms with van der Waals surface area (Å²) in [6.07, 6.45) is 7.02. The molecule has 8 heteroatoms. The maximum atomic E-state index is 4.73. The maximum absolute atomic E-state index is 4.73. The van der Waals surface area contributed by atoms with Crippen molar-refractivity contribution < 1.29 is 0 Å². The molecule has 2 aromatic heterocycles.